The van der Waals surface area contributed by atoms with Crippen LogP contribution in [-0.2, 0) is 0 Å². The highest BCUT2D eigenvalue weighted by Crippen LogP contribution is 2.19. The lowest BCUT2D eigenvalue weighted by Gasteiger charge is -2.12. The summed E-state index contributed by atoms with van der Waals surface area (Å²) in [5.74, 6) is 0.524. The quantitative estimate of drug-likeness (QED) is 0.837. The van der Waals surface area contributed by atoms with Crippen molar-refractivity contribution < 1.29 is 9.53 Å². The van der Waals surface area contributed by atoms with Gasteiger partial charge in [0.25, 0.3) is 5.91 Å². The largest absolute Gasteiger partial charge is 0.496 e. The number of ether oxygens (including phenoxy) is 1. The summed E-state index contributed by atoms with van der Waals surface area (Å²) in [6, 6.07) is 5.56. The third-order valence-electron chi connectivity index (χ3n) is 2.45. The summed E-state index contributed by atoms with van der Waals surface area (Å²) in [6.45, 7) is 3.42. The van der Waals surface area contributed by atoms with Gasteiger partial charge in [0.15, 0.2) is 0 Å². The third-order valence-corrected chi connectivity index (χ3v) is 2.45. The summed E-state index contributed by atoms with van der Waals surface area (Å²) in [6.07, 6.45) is 0. The molecule has 1 N–H and O–H groups in total. The van der Waals surface area contributed by atoms with Gasteiger partial charge in [-0.15, -0.1) is 0 Å². The molecule has 0 unspecified atom stereocenters. The number of likely N-dealkylation sites (N-methyl/N-ethyl adjacent to an activating group) is 1. The molecule has 0 bridgehead atoms. The number of carbonyl (C=O) groups excluding carboxylic acids is 1. The first kappa shape index (κ1) is 13.5. The van der Waals surface area contributed by atoms with Crippen molar-refractivity contribution in [1.82, 2.24) is 10.2 Å². The van der Waals surface area contributed by atoms with Crippen LogP contribution in [0.5, 0.6) is 5.75 Å². The Morgan fingerprint density at radius 3 is 2.71 bits per heavy atom. The Bertz CT molecular complexity index is 389. The van der Waals surface area contributed by atoms with Crippen molar-refractivity contribution >= 4 is 5.91 Å². The molecule has 1 aromatic rings. The van der Waals surface area contributed by atoms with Gasteiger partial charge in [-0.25, -0.2) is 0 Å². The molecule has 1 aromatic carbocycles. The molecule has 0 saturated heterocycles. The molecule has 0 saturated carbocycles. The van der Waals surface area contributed by atoms with Gasteiger partial charge in [0, 0.05) is 13.1 Å². The van der Waals surface area contributed by atoms with E-state index in [9.17, 15) is 4.79 Å². The summed E-state index contributed by atoms with van der Waals surface area (Å²) in [5, 5.41) is 2.86. The van der Waals surface area contributed by atoms with Crippen LogP contribution >= 0.6 is 0 Å². The van der Waals surface area contributed by atoms with Crippen LogP contribution < -0.4 is 10.1 Å². The molecule has 0 aliphatic heterocycles. The Hall–Kier alpha value is -1.55. The maximum Gasteiger partial charge on any atom is 0.255 e. The van der Waals surface area contributed by atoms with Crippen molar-refractivity contribution in [2.24, 2.45) is 0 Å². The van der Waals surface area contributed by atoms with Gasteiger partial charge in [-0.1, -0.05) is 6.07 Å². The molecule has 0 spiro atoms. The molecule has 0 aromatic heterocycles. The van der Waals surface area contributed by atoms with Crippen LogP contribution in [0.15, 0.2) is 18.2 Å². The van der Waals surface area contributed by atoms with Crippen molar-refractivity contribution in [3.63, 3.8) is 0 Å². The first-order chi connectivity index (χ1) is 8.04. The standard InChI is InChI=1S/C13H20N2O2/c1-10-5-6-11(12(9-10)17-4)13(16)14-7-8-15(2)3/h5-6,9H,7-8H2,1-4H3,(H,14,16). The van der Waals surface area contributed by atoms with Gasteiger partial charge in [-0.3, -0.25) is 4.79 Å². The number of hydrogen-bond donors (Lipinski definition) is 1. The second kappa shape index (κ2) is 6.25. The van der Waals surface area contributed by atoms with E-state index in [1.807, 2.05) is 38.1 Å². The predicted molar refractivity (Wildman–Crippen MR) is 68.6 cm³/mol. The first-order valence-corrected chi connectivity index (χ1v) is 5.62. The zero-order valence-corrected chi connectivity index (χ0v) is 10.9. The van der Waals surface area contributed by atoms with Crippen LogP contribution in [0.1, 0.15) is 15.9 Å². The van der Waals surface area contributed by atoms with E-state index in [0.717, 1.165) is 12.1 Å². The number of amides is 1. The van der Waals surface area contributed by atoms with Crippen LogP contribution in [0.3, 0.4) is 0 Å². The fourth-order valence-electron chi connectivity index (χ4n) is 1.47. The average molecular weight is 236 g/mol. The smallest absolute Gasteiger partial charge is 0.255 e. The van der Waals surface area contributed by atoms with Gasteiger partial charge in [0.2, 0.25) is 0 Å². The van der Waals surface area contributed by atoms with Crippen molar-refractivity contribution in [3.05, 3.63) is 29.3 Å². The minimum Gasteiger partial charge on any atom is -0.496 e. The molecule has 4 nitrogen and oxygen atoms in total. The van der Waals surface area contributed by atoms with E-state index in [1.165, 1.54) is 0 Å². The van der Waals surface area contributed by atoms with Crippen molar-refractivity contribution in [2.45, 2.75) is 6.92 Å². The molecule has 0 aliphatic carbocycles. The zero-order valence-electron chi connectivity index (χ0n) is 10.9. The van der Waals surface area contributed by atoms with Crippen molar-refractivity contribution in [1.29, 1.82) is 0 Å². The molecule has 0 fully saturated rings. The van der Waals surface area contributed by atoms with Crippen LogP contribution in [0.2, 0.25) is 0 Å². The highest BCUT2D eigenvalue weighted by Gasteiger charge is 2.11. The van der Waals surface area contributed by atoms with E-state index in [2.05, 4.69) is 5.32 Å². The molecule has 1 amide bonds. The fourth-order valence-corrected chi connectivity index (χ4v) is 1.47. The molecule has 17 heavy (non-hydrogen) atoms. The van der Waals surface area contributed by atoms with Gasteiger partial charge in [0.05, 0.1) is 12.7 Å². The number of rotatable bonds is 5. The number of carbonyl (C=O) groups is 1. The number of nitrogens with zero attached hydrogens (tertiary/aromatic N) is 1. The number of benzene rings is 1. The molecular weight excluding hydrogens is 216 g/mol. The highest BCUT2D eigenvalue weighted by atomic mass is 16.5. The second-order valence-corrected chi connectivity index (χ2v) is 4.26. The Labute approximate surface area is 103 Å². The van der Waals surface area contributed by atoms with E-state index in [-0.39, 0.29) is 5.91 Å². The second-order valence-electron chi connectivity index (χ2n) is 4.26. The van der Waals surface area contributed by atoms with Crippen molar-refractivity contribution in [2.75, 3.05) is 34.3 Å². The maximum absolute atomic E-state index is 11.9. The van der Waals surface area contributed by atoms with E-state index in [4.69, 9.17) is 4.74 Å². The number of aryl methyl sites for hydroxylation is 1. The minimum atomic E-state index is -0.0938. The average Bonchev–Trinajstić information content (AvgIpc) is 2.28. The van der Waals surface area contributed by atoms with Crippen LogP contribution in [0.25, 0.3) is 0 Å². The van der Waals surface area contributed by atoms with E-state index in [1.54, 1.807) is 13.2 Å². The van der Waals surface area contributed by atoms with Crippen LogP contribution in [0.4, 0.5) is 0 Å². The van der Waals surface area contributed by atoms with E-state index < -0.39 is 0 Å². The number of nitrogens with one attached hydrogen (secondary N) is 1. The molecule has 0 radical (unpaired) electrons. The van der Waals surface area contributed by atoms with E-state index in [0.29, 0.717) is 17.9 Å². The van der Waals surface area contributed by atoms with E-state index >= 15 is 0 Å². The Kier molecular flexibility index (Phi) is 4.97. The predicted octanol–water partition coefficient (Wildman–Crippen LogP) is 1.30. The lowest BCUT2D eigenvalue weighted by atomic mass is 10.1. The summed E-state index contributed by atoms with van der Waals surface area (Å²) >= 11 is 0. The maximum atomic E-state index is 11.9. The first-order valence-electron chi connectivity index (χ1n) is 5.62. The molecular formula is C13H20N2O2. The zero-order chi connectivity index (χ0) is 12.8. The van der Waals surface area contributed by atoms with Gasteiger partial charge in [0.1, 0.15) is 5.75 Å². The van der Waals surface area contributed by atoms with Gasteiger partial charge < -0.3 is 15.0 Å². The Balaban J connectivity index is 2.68. The fraction of sp³-hybridized carbons (Fsp3) is 0.462. The normalized spacial score (nSPS) is 10.4. The minimum absolute atomic E-state index is 0.0938. The monoisotopic (exact) mass is 236 g/mol. The summed E-state index contributed by atoms with van der Waals surface area (Å²) < 4.78 is 5.20. The lowest BCUT2D eigenvalue weighted by molar-refractivity contribution is 0.0948. The molecule has 0 heterocycles. The van der Waals surface area contributed by atoms with Crippen LogP contribution in [-0.4, -0.2) is 45.1 Å². The van der Waals surface area contributed by atoms with Crippen molar-refractivity contribution in [3.8, 4) is 5.75 Å². The highest BCUT2D eigenvalue weighted by molar-refractivity contribution is 5.97. The molecule has 0 aliphatic rings. The van der Waals surface area contributed by atoms with Gasteiger partial charge in [-0.2, -0.15) is 0 Å². The SMILES string of the molecule is COc1cc(C)ccc1C(=O)NCCN(C)C. The number of hydrogen-bond acceptors (Lipinski definition) is 3. The third kappa shape index (κ3) is 4.07. The summed E-state index contributed by atoms with van der Waals surface area (Å²) in [5.41, 5.74) is 1.66. The Morgan fingerprint density at radius 1 is 1.41 bits per heavy atom. The summed E-state index contributed by atoms with van der Waals surface area (Å²) in [4.78, 5) is 13.9. The number of methoxy groups -OCH3 is 1. The van der Waals surface area contributed by atoms with Gasteiger partial charge in [-0.05, 0) is 38.7 Å². The molecule has 1 rings (SSSR count). The molecule has 4 heteroatoms. The molecule has 0 atom stereocenters. The topological polar surface area (TPSA) is 41.6 Å². The summed E-state index contributed by atoms with van der Waals surface area (Å²) in [7, 11) is 5.52. The van der Waals surface area contributed by atoms with Gasteiger partial charge >= 0.3 is 0 Å². The van der Waals surface area contributed by atoms with Crippen LogP contribution in [0, 0.1) is 6.92 Å². The lowest BCUT2D eigenvalue weighted by Crippen LogP contribution is -2.31. The molecule has 94 valence electrons. The Morgan fingerprint density at radius 2 is 2.12 bits per heavy atom.